The fourth-order valence-corrected chi connectivity index (χ4v) is 2.15. The van der Waals surface area contributed by atoms with Crippen LogP contribution in [0.4, 0.5) is 8.78 Å². The summed E-state index contributed by atoms with van der Waals surface area (Å²) >= 11 is 0.851. The highest BCUT2D eigenvalue weighted by atomic mass is 32.2. The number of carbonyl (C=O) groups excluding carboxylic acids is 1. The lowest BCUT2D eigenvalue weighted by atomic mass is 10.3. The first-order valence-corrected chi connectivity index (χ1v) is 6.43. The van der Waals surface area contributed by atoms with E-state index >= 15 is 0 Å². The zero-order valence-electron chi connectivity index (χ0n) is 10.3. The normalized spacial score (nSPS) is 9.85. The Balaban J connectivity index is 2.64. The molecule has 0 spiro atoms. The second kappa shape index (κ2) is 7.50. The highest BCUT2D eigenvalue weighted by Gasteiger charge is 2.16. The van der Waals surface area contributed by atoms with E-state index in [-0.39, 0.29) is 17.2 Å². The summed E-state index contributed by atoms with van der Waals surface area (Å²) < 4.78 is 26.1. The molecule has 0 unspecified atom stereocenters. The van der Waals surface area contributed by atoms with E-state index in [1.54, 1.807) is 0 Å². The van der Waals surface area contributed by atoms with Gasteiger partial charge in [0, 0.05) is 11.0 Å². The Bertz CT molecular complexity index is 557. The van der Waals surface area contributed by atoms with E-state index < -0.39 is 30.1 Å². The average molecular weight is 299 g/mol. The molecule has 0 atom stereocenters. The molecule has 0 bridgehead atoms. The number of amides is 1. The molecule has 1 N–H and O–H groups in total. The number of thioether (sulfide) groups is 1. The third kappa shape index (κ3) is 4.90. The minimum Gasteiger partial charge on any atom is -0.480 e. The quantitative estimate of drug-likeness (QED) is 0.640. The molecule has 0 radical (unpaired) electrons. The van der Waals surface area contributed by atoms with Gasteiger partial charge in [-0.25, -0.2) is 8.78 Å². The minimum atomic E-state index is -1.19. The second-order valence-corrected chi connectivity index (χ2v) is 4.73. The van der Waals surface area contributed by atoms with Crippen molar-refractivity contribution in [2.75, 3.05) is 18.8 Å². The van der Waals surface area contributed by atoms with Gasteiger partial charge in [-0.3, -0.25) is 9.59 Å². The van der Waals surface area contributed by atoms with Crippen LogP contribution in [0.25, 0.3) is 0 Å². The SMILES string of the molecule is C#CCN(CC(=O)O)C(=O)CSc1ccc(F)cc1F. The summed E-state index contributed by atoms with van der Waals surface area (Å²) in [6.45, 7) is -0.660. The van der Waals surface area contributed by atoms with Crippen molar-refractivity contribution in [1.82, 2.24) is 4.90 Å². The lowest BCUT2D eigenvalue weighted by Crippen LogP contribution is -2.37. The van der Waals surface area contributed by atoms with Crippen molar-refractivity contribution >= 4 is 23.6 Å². The monoisotopic (exact) mass is 299 g/mol. The van der Waals surface area contributed by atoms with Crippen molar-refractivity contribution in [2.24, 2.45) is 0 Å². The number of carbonyl (C=O) groups is 2. The smallest absolute Gasteiger partial charge is 0.323 e. The van der Waals surface area contributed by atoms with Crippen molar-refractivity contribution in [3.8, 4) is 12.3 Å². The molecule has 1 aromatic carbocycles. The Morgan fingerprint density at radius 1 is 1.40 bits per heavy atom. The van der Waals surface area contributed by atoms with Crippen LogP contribution < -0.4 is 0 Å². The first-order chi connectivity index (χ1) is 9.43. The molecule has 0 fully saturated rings. The van der Waals surface area contributed by atoms with E-state index in [9.17, 15) is 18.4 Å². The zero-order valence-corrected chi connectivity index (χ0v) is 11.1. The van der Waals surface area contributed by atoms with Gasteiger partial charge in [0.15, 0.2) is 0 Å². The predicted octanol–water partition coefficient (Wildman–Crippen LogP) is 1.60. The third-order valence-corrected chi connectivity index (χ3v) is 3.24. The van der Waals surface area contributed by atoms with Gasteiger partial charge in [-0.2, -0.15) is 0 Å². The molecular weight excluding hydrogens is 288 g/mol. The maximum atomic E-state index is 13.3. The van der Waals surface area contributed by atoms with Gasteiger partial charge in [-0.05, 0) is 12.1 Å². The van der Waals surface area contributed by atoms with E-state index in [4.69, 9.17) is 11.5 Å². The van der Waals surface area contributed by atoms with E-state index in [2.05, 4.69) is 5.92 Å². The molecule has 0 aromatic heterocycles. The number of terminal acetylenes is 1. The summed E-state index contributed by atoms with van der Waals surface area (Å²) in [5.41, 5.74) is 0. The van der Waals surface area contributed by atoms with Gasteiger partial charge in [0.2, 0.25) is 5.91 Å². The molecule has 0 aliphatic carbocycles. The summed E-state index contributed by atoms with van der Waals surface area (Å²) in [5.74, 6) is -1.20. The molecule has 0 aliphatic heterocycles. The van der Waals surface area contributed by atoms with Gasteiger partial charge >= 0.3 is 5.97 Å². The molecule has 1 aromatic rings. The molecule has 106 valence electrons. The number of hydrogen-bond donors (Lipinski definition) is 1. The number of nitrogens with zero attached hydrogens (tertiary/aromatic N) is 1. The topological polar surface area (TPSA) is 57.6 Å². The molecule has 4 nitrogen and oxygen atoms in total. The van der Waals surface area contributed by atoms with Gasteiger partial charge in [0.25, 0.3) is 0 Å². The van der Waals surface area contributed by atoms with Gasteiger partial charge in [0.1, 0.15) is 18.2 Å². The summed E-state index contributed by atoms with van der Waals surface area (Å²) in [7, 11) is 0. The van der Waals surface area contributed by atoms with Gasteiger partial charge in [-0.1, -0.05) is 5.92 Å². The average Bonchev–Trinajstić information content (AvgIpc) is 2.36. The van der Waals surface area contributed by atoms with Crippen LogP contribution in [0.2, 0.25) is 0 Å². The fraction of sp³-hybridized carbons (Fsp3) is 0.231. The largest absolute Gasteiger partial charge is 0.480 e. The van der Waals surface area contributed by atoms with Crippen LogP contribution >= 0.6 is 11.8 Å². The van der Waals surface area contributed by atoms with Crippen LogP contribution in [0.15, 0.2) is 23.1 Å². The van der Waals surface area contributed by atoms with Crippen LogP contribution in [0, 0.1) is 24.0 Å². The standard InChI is InChI=1S/C13H11F2NO3S/c1-2-5-16(7-13(18)19)12(17)8-20-11-4-3-9(14)6-10(11)15/h1,3-4,6H,5,7-8H2,(H,18,19). The molecule has 1 amide bonds. The number of carboxylic acid groups (broad SMARTS) is 1. The predicted molar refractivity (Wildman–Crippen MR) is 70.1 cm³/mol. The minimum absolute atomic E-state index is 0.107. The molecule has 7 heteroatoms. The van der Waals surface area contributed by atoms with E-state index in [0.29, 0.717) is 6.07 Å². The van der Waals surface area contributed by atoms with Crippen LogP contribution in [0.3, 0.4) is 0 Å². The maximum Gasteiger partial charge on any atom is 0.323 e. The number of halogens is 2. The van der Waals surface area contributed by atoms with Crippen molar-refractivity contribution in [3.63, 3.8) is 0 Å². The van der Waals surface area contributed by atoms with E-state index in [1.807, 2.05) is 0 Å². The molecule has 0 heterocycles. The van der Waals surface area contributed by atoms with Gasteiger partial charge in [-0.15, -0.1) is 18.2 Å². The summed E-state index contributed by atoms with van der Waals surface area (Å²) in [6.07, 6.45) is 5.05. The van der Waals surface area contributed by atoms with E-state index in [0.717, 1.165) is 22.7 Å². The van der Waals surface area contributed by atoms with Crippen LogP contribution in [-0.2, 0) is 9.59 Å². The summed E-state index contributed by atoms with van der Waals surface area (Å²) in [6, 6.07) is 3.00. The summed E-state index contributed by atoms with van der Waals surface area (Å²) in [4.78, 5) is 23.4. The molecule has 0 saturated heterocycles. The van der Waals surface area contributed by atoms with E-state index in [1.165, 1.54) is 6.07 Å². The van der Waals surface area contributed by atoms with Gasteiger partial charge in [0.05, 0.1) is 12.3 Å². The maximum absolute atomic E-state index is 13.3. The second-order valence-electron chi connectivity index (χ2n) is 3.71. The number of aliphatic carboxylic acids is 1. The molecule has 0 aliphatic rings. The summed E-state index contributed by atoms with van der Waals surface area (Å²) in [5, 5.41) is 8.65. The van der Waals surface area contributed by atoms with Gasteiger partial charge < -0.3 is 10.0 Å². The van der Waals surface area contributed by atoms with Crippen LogP contribution in [0.5, 0.6) is 0 Å². The van der Waals surface area contributed by atoms with Crippen molar-refractivity contribution in [3.05, 3.63) is 29.8 Å². The zero-order chi connectivity index (χ0) is 15.1. The highest BCUT2D eigenvalue weighted by molar-refractivity contribution is 8.00. The Kier molecular flexibility index (Phi) is 6.00. The molecule has 20 heavy (non-hydrogen) atoms. The highest BCUT2D eigenvalue weighted by Crippen LogP contribution is 2.22. The van der Waals surface area contributed by atoms with Crippen LogP contribution in [0.1, 0.15) is 0 Å². The Morgan fingerprint density at radius 3 is 2.65 bits per heavy atom. The molecule has 0 saturated carbocycles. The fourth-order valence-electron chi connectivity index (χ4n) is 1.33. The number of rotatable bonds is 6. The van der Waals surface area contributed by atoms with Crippen molar-refractivity contribution in [1.29, 1.82) is 0 Å². The lowest BCUT2D eigenvalue weighted by molar-refractivity contribution is -0.143. The number of hydrogen-bond acceptors (Lipinski definition) is 3. The Labute approximate surface area is 118 Å². The molecule has 1 rings (SSSR count). The molecular formula is C13H11F2NO3S. The van der Waals surface area contributed by atoms with Crippen molar-refractivity contribution in [2.45, 2.75) is 4.90 Å². The number of carboxylic acids is 1. The first-order valence-electron chi connectivity index (χ1n) is 5.45. The Hall–Kier alpha value is -2.07. The first kappa shape index (κ1) is 16.0. The van der Waals surface area contributed by atoms with Crippen molar-refractivity contribution < 1.29 is 23.5 Å². The lowest BCUT2D eigenvalue weighted by Gasteiger charge is -2.17. The van der Waals surface area contributed by atoms with Crippen LogP contribution in [-0.4, -0.2) is 40.7 Å². The Morgan fingerprint density at radius 2 is 2.10 bits per heavy atom. The third-order valence-electron chi connectivity index (χ3n) is 2.21. The number of benzene rings is 1.